The van der Waals surface area contributed by atoms with Crippen LogP contribution in [0.1, 0.15) is 44.1 Å². The molecule has 1 heterocycles. The molecule has 4 fully saturated rings. The highest BCUT2D eigenvalue weighted by Gasteiger charge is 2.54. The van der Waals surface area contributed by atoms with Crippen LogP contribution in [-0.2, 0) is 4.79 Å². The van der Waals surface area contributed by atoms with Gasteiger partial charge < -0.3 is 9.47 Å². The monoisotopic (exact) mass is 326 g/mol. The molecule has 0 aromatic heterocycles. The standard InChI is InChI=1S/C19H22N2O3/c22-18(19-7-13-3-14(8-19)5-15(4-13)9-19)21-20-10-12-1-2-16-17(6-12)24-11-23-16/h1-2,6,10,13-15H,3-5,7-9,11H2,(H,21,22)/b20-10-. The lowest BCUT2D eigenvalue weighted by Gasteiger charge is -2.55. The Balaban J connectivity index is 1.27. The average Bonchev–Trinajstić information content (AvgIpc) is 3.01. The number of nitrogens with zero attached hydrogens (tertiary/aromatic N) is 1. The number of nitrogens with one attached hydrogen (secondary N) is 1. The molecule has 0 atom stereocenters. The van der Waals surface area contributed by atoms with Gasteiger partial charge in [-0.1, -0.05) is 0 Å². The van der Waals surface area contributed by atoms with Gasteiger partial charge in [0.1, 0.15) is 0 Å². The van der Waals surface area contributed by atoms with Crippen LogP contribution in [0.4, 0.5) is 0 Å². The fourth-order valence-electron chi connectivity index (χ4n) is 5.67. The lowest BCUT2D eigenvalue weighted by Crippen LogP contribution is -2.52. The Morgan fingerprint density at radius 2 is 1.75 bits per heavy atom. The van der Waals surface area contributed by atoms with Crippen LogP contribution in [-0.4, -0.2) is 18.9 Å². The van der Waals surface area contributed by atoms with E-state index in [9.17, 15) is 4.79 Å². The number of ether oxygens (including phenoxy) is 2. The smallest absolute Gasteiger partial charge is 0.246 e. The van der Waals surface area contributed by atoms with Gasteiger partial charge in [0.2, 0.25) is 12.7 Å². The molecule has 6 rings (SSSR count). The van der Waals surface area contributed by atoms with E-state index in [2.05, 4.69) is 10.5 Å². The van der Waals surface area contributed by atoms with Gasteiger partial charge in [-0.2, -0.15) is 5.10 Å². The number of fused-ring (bicyclic) bond motifs is 1. The van der Waals surface area contributed by atoms with Gasteiger partial charge in [-0.05, 0) is 80.0 Å². The van der Waals surface area contributed by atoms with E-state index in [1.807, 2.05) is 18.2 Å². The molecule has 0 spiro atoms. The van der Waals surface area contributed by atoms with Crippen molar-refractivity contribution in [3.05, 3.63) is 23.8 Å². The minimum Gasteiger partial charge on any atom is -0.454 e. The zero-order valence-electron chi connectivity index (χ0n) is 13.7. The van der Waals surface area contributed by atoms with Crippen molar-refractivity contribution in [2.75, 3.05) is 6.79 Å². The molecule has 4 aliphatic carbocycles. The first-order chi connectivity index (χ1) is 11.7. The zero-order valence-corrected chi connectivity index (χ0v) is 13.7. The highest BCUT2D eigenvalue weighted by Crippen LogP contribution is 2.60. The van der Waals surface area contributed by atoms with Gasteiger partial charge in [-0.25, -0.2) is 5.43 Å². The average molecular weight is 326 g/mol. The first kappa shape index (κ1) is 14.3. The van der Waals surface area contributed by atoms with E-state index >= 15 is 0 Å². The van der Waals surface area contributed by atoms with Gasteiger partial charge in [0, 0.05) is 0 Å². The molecule has 5 heteroatoms. The highest BCUT2D eigenvalue weighted by molar-refractivity contribution is 5.86. The predicted molar refractivity (Wildman–Crippen MR) is 88.9 cm³/mol. The number of benzene rings is 1. The zero-order chi connectivity index (χ0) is 16.1. The maximum Gasteiger partial charge on any atom is 0.246 e. The fourth-order valence-corrected chi connectivity index (χ4v) is 5.67. The Bertz CT molecular complexity index is 677. The molecule has 126 valence electrons. The molecule has 1 aromatic carbocycles. The number of amides is 1. The summed E-state index contributed by atoms with van der Waals surface area (Å²) in [6.07, 6.45) is 8.88. The van der Waals surface area contributed by atoms with E-state index in [0.717, 1.165) is 54.1 Å². The maximum absolute atomic E-state index is 12.8. The summed E-state index contributed by atoms with van der Waals surface area (Å²) in [6, 6.07) is 5.65. The van der Waals surface area contributed by atoms with Crippen molar-refractivity contribution in [2.45, 2.75) is 38.5 Å². The molecule has 1 amide bonds. The Hall–Kier alpha value is -2.04. The second kappa shape index (κ2) is 5.23. The van der Waals surface area contributed by atoms with Crippen LogP contribution in [0.3, 0.4) is 0 Å². The summed E-state index contributed by atoms with van der Waals surface area (Å²) in [5, 5.41) is 4.20. The largest absolute Gasteiger partial charge is 0.454 e. The minimum atomic E-state index is -0.152. The van der Waals surface area contributed by atoms with Crippen LogP contribution in [0.25, 0.3) is 0 Å². The van der Waals surface area contributed by atoms with Crippen LogP contribution in [0.5, 0.6) is 11.5 Å². The van der Waals surface area contributed by atoms with E-state index in [1.165, 1.54) is 19.3 Å². The Labute approximate surface area is 141 Å². The quantitative estimate of drug-likeness (QED) is 0.686. The molecule has 1 N–H and O–H groups in total. The van der Waals surface area contributed by atoms with Crippen LogP contribution in [0, 0.1) is 23.2 Å². The molecule has 4 saturated carbocycles. The normalized spacial score (nSPS) is 35.6. The SMILES string of the molecule is O=C(N/N=C\c1ccc2c(c1)OCO2)C12CC3CC(CC(C3)C1)C2. The van der Waals surface area contributed by atoms with Gasteiger partial charge >= 0.3 is 0 Å². The Morgan fingerprint density at radius 3 is 2.46 bits per heavy atom. The maximum atomic E-state index is 12.8. The summed E-state index contributed by atoms with van der Waals surface area (Å²) in [5.41, 5.74) is 3.56. The summed E-state index contributed by atoms with van der Waals surface area (Å²) in [6.45, 7) is 0.263. The van der Waals surface area contributed by atoms with E-state index in [1.54, 1.807) is 6.21 Å². The van der Waals surface area contributed by atoms with Crippen LogP contribution < -0.4 is 14.9 Å². The molecule has 0 radical (unpaired) electrons. The van der Waals surface area contributed by atoms with Gasteiger partial charge in [0.05, 0.1) is 11.6 Å². The van der Waals surface area contributed by atoms with Crippen LogP contribution >= 0.6 is 0 Å². The molecule has 1 aliphatic heterocycles. The molecule has 24 heavy (non-hydrogen) atoms. The fraction of sp³-hybridized carbons (Fsp3) is 0.579. The lowest BCUT2D eigenvalue weighted by molar-refractivity contribution is -0.146. The third-order valence-electron chi connectivity index (χ3n) is 6.30. The lowest BCUT2D eigenvalue weighted by atomic mass is 9.49. The van der Waals surface area contributed by atoms with Crippen molar-refractivity contribution < 1.29 is 14.3 Å². The third kappa shape index (κ3) is 2.29. The highest BCUT2D eigenvalue weighted by atomic mass is 16.7. The number of hydrazone groups is 1. The van der Waals surface area contributed by atoms with Gasteiger partial charge in [-0.15, -0.1) is 0 Å². The van der Waals surface area contributed by atoms with E-state index in [4.69, 9.17) is 9.47 Å². The van der Waals surface area contributed by atoms with E-state index < -0.39 is 0 Å². The Morgan fingerprint density at radius 1 is 1.08 bits per heavy atom. The van der Waals surface area contributed by atoms with Gasteiger partial charge in [0.15, 0.2) is 11.5 Å². The summed E-state index contributed by atoms with van der Waals surface area (Å²) in [7, 11) is 0. The molecule has 5 aliphatic rings. The second-order valence-corrected chi connectivity index (χ2v) is 8.01. The van der Waals surface area contributed by atoms with E-state index in [0.29, 0.717) is 0 Å². The number of hydrogen-bond donors (Lipinski definition) is 1. The van der Waals surface area contributed by atoms with Crippen molar-refractivity contribution in [2.24, 2.45) is 28.3 Å². The van der Waals surface area contributed by atoms with Gasteiger partial charge in [-0.3, -0.25) is 4.79 Å². The molecule has 0 unspecified atom stereocenters. The summed E-state index contributed by atoms with van der Waals surface area (Å²) in [5.74, 6) is 3.90. The number of carbonyl (C=O) groups excluding carboxylic acids is 1. The minimum absolute atomic E-state index is 0.124. The van der Waals surface area contributed by atoms with Crippen molar-refractivity contribution in [1.82, 2.24) is 5.43 Å². The molecule has 5 nitrogen and oxygen atoms in total. The third-order valence-corrected chi connectivity index (χ3v) is 6.30. The van der Waals surface area contributed by atoms with E-state index in [-0.39, 0.29) is 18.1 Å². The van der Waals surface area contributed by atoms with Crippen LogP contribution in [0.2, 0.25) is 0 Å². The van der Waals surface area contributed by atoms with Crippen LogP contribution in [0.15, 0.2) is 23.3 Å². The van der Waals surface area contributed by atoms with Gasteiger partial charge in [0.25, 0.3) is 0 Å². The van der Waals surface area contributed by atoms with Crippen molar-refractivity contribution in [3.8, 4) is 11.5 Å². The van der Waals surface area contributed by atoms with Crippen molar-refractivity contribution >= 4 is 12.1 Å². The molecule has 0 saturated heterocycles. The molecule has 4 bridgehead atoms. The van der Waals surface area contributed by atoms with Crippen molar-refractivity contribution in [1.29, 1.82) is 0 Å². The van der Waals surface area contributed by atoms with Crippen molar-refractivity contribution in [3.63, 3.8) is 0 Å². The number of carbonyl (C=O) groups is 1. The second-order valence-electron chi connectivity index (χ2n) is 8.01. The topological polar surface area (TPSA) is 59.9 Å². The number of hydrogen-bond acceptors (Lipinski definition) is 4. The molecule has 1 aromatic rings. The molecular formula is C19H22N2O3. The summed E-state index contributed by atoms with van der Waals surface area (Å²) in [4.78, 5) is 12.8. The first-order valence-corrected chi connectivity index (χ1v) is 8.93. The summed E-state index contributed by atoms with van der Waals surface area (Å²) < 4.78 is 10.7. The Kier molecular flexibility index (Phi) is 3.12. The molecular weight excluding hydrogens is 304 g/mol. The predicted octanol–water partition coefficient (Wildman–Crippen LogP) is 3.08. The number of rotatable bonds is 3. The first-order valence-electron chi connectivity index (χ1n) is 8.93. The summed E-state index contributed by atoms with van der Waals surface area (Å²) >= 11 is 0.